The Labute approximate surface area is 154 Å². The average Bonchev–Trinajstić information content (AvgIpc) is 3.03. The Kier molecular flexibility index (Phi) is 6.01. The summed E-state index contributed by atoms with van der Waals surface area (Å²) in [7, 11) is 0. The maximum Gasteiger partial charge on any atom is 0.392 e. The van der Waals surface area contributed by atoms with Gasteiger partial charge in [-0.05, 0) is 42.3 Å². The largest absolute Gasteiger partial charge is 0.493 e. The normalized spacial score (nSPS) is 11.9. The van der Waals surface area contributed by atoms with Gasteiger partial charge in [-0.3, -0.25) is 0 Å². The van der Waals surface area contributed by atoms with Crippen molar-refractivity contribution in [1.29, 1.82) is 0 Å². The predicted molar refractivity (Wildman–Crippen MR) is 96.3 cm³/mol. The zero-order chi connectivity index (χ0) is 19.3. The maximum absolute atomic E-state index is 13.7. The smallest absolute Gasteiger partial charge is 0.392 e. The van der Waals surface area contributed by atoms with E-state index >= 15 is 0 Å². The highest BCUT2D eigenvalue weighted by Gasteiger charge is 2.26. The molecule has 1 heterocycles. The second kappa shape index (κ2) is 8.43. The fourth-order valence-corrected chi connectivity index (χ4v) is 2.87. The van der Waals surface area contributed by atoms with Crippen LogP contribution in [0.2, 0.25) is 0 Å². The molecule has 0 unspecified atom stereocenters. The first-order valence-corrected chi connectivity index (χ1v) is 8.66. The van der Waals surface area contributed by atoms with Gasteiger partial charge in [0.15, 0.2) is 0 Å². The van der Waals surface area contributed by atoms with Gasteiger partial charge >= 0.3 is 6.18 Å². The number of hydrogen-bond donors (Lipinski definition) is 2. The summed E-state index contributed by atoms with van der Waals surface area (Å²) >= 11 is 0. The van der Waals surface area contributed by atoms with E-state index < -0.39 is 19.2 Å². The summed E-state index contributed by atoms with van der Waals surface area (Å²) in [5.74, 6) is 0.153. The van der Waals surface area contributed by atoms with Crippen molar-refractivity contribution in [2.75, 3.05) is 13.2 Å². The Hall–Kier alpha value is -2.54. The molecule has 0 aliphatic carbocycles. The second-order valence-corrected chi connectivity index (χ2v) is 6.26. The van der Waals surface area contributed by atoms with Gasteiger partial charge in [-0.25, -0.2) is 4.39 Å². The molecule has 2 N–H and O–H groups in total. The van der Waals surface area contributed by atoms with Crippen LogP contribution in [0, 0.1) is 5.82 Å². The van der Waals surface area contributed by atoms with Gasteiger partial charge in [-0.1, -0.05) is 24.3 Å². The van der Waals surface area contributed by atoms with E-state index in [2.05, 4.69) is 10.3 Å². The number of halogens is 4. The third-order valence-corrected chi connectivity index (χ3v) is 4.20. The first-order valence-electron chi connectivity index (χ1n) is 8.66. The number of fused-ring (bicyclic) bond motifs is 1. The highest BCUT2D eigenvalue weighted by atomic mass is 19.4. The van der Waals surface area contributed by atoms with Gasteiger partial charge in [0.1, 0.15) is 11.6 Å². The van der Waals surface area contributed by atoms with Crippen molar-refractivity contribution in [3.05, 3.63) is 65.6 Å². The molecule has 0 aliphatic rings. The molecule has 7 heteroatoms. The third kappa shape index (κ3) is 5.47. The van der Waals surface area contributed by atoms with Gasteiger partial charge in [0, 0.05) is 18.1 Å². The lowest BCUT2D eigenvalue weighted by atomic mass is 10.1. The lowest BCUT2D eigenvalue weighted by molar-refractivity contribution is -0.139. The number of hydrogen-bond acceptors (Lipinski definition) is 2. The molecule has 144 valence electrons. The van der Waals surface area contributed by atoms with Crippen LogP contribution in [0.1, 0.15) is 17.5 Å². The Morgan fingerprint density at radius 2 is 1.89 bits per heavy atom. The molecule has 3 nitrogen and oxygen atoms in total. The van der Waals surface area contributed by atoms with Crippen molar-refractivity contribution in [1.82, 2.24) is 10.3 Å². The van der Waals surface area contributed by atoms with Gasteiger partial charge in [-0.2, -0.15) is 13.2 Å². The van der Waals surface area contributed by atoms with E-state index in [0.717, 1.165) is 22.9 Å². The Morgan fingerprint density at radius 3 is 2.70 bits per heavy atom. The van der Waals surface area contributed by atoms with E-state index in [0.29, 0.717) is 24.4 Å². The van der Waals surface area contributed by atoms with Crippen LogP contribution in [0.3, 0.4) is 0 Å². The molecule has 3 aromatic rings. The summed E-state index contributed by atoms with van der Waals surface area (Å²) in [6, 6.07) is 12.0. The molecule has 3 rings (SSSR count). The molecular formula is C20H20F4N2O. The van der Waals surface area contributed by atoms with Crippen molar-refractivity contribution in [3.8, 4) is 5.75 Å². The molecule has 2 aromatic carbocycles. The third-order valence-electron chi connectivity index (χ3n) is 4.20. The van der Waals surface area contributed by atoms with E-state index in [-0.39, 0.29) is 5.82 Å². The molecular weight excluding hydrogens is 360 g/mol. The van der Waals surface area contributed by atoms with Gasteiger partial charge < -0.3 is 15.0 Å². The van der Waals surface area contributed by atoms with Crippen LogP contribution in [0.15, 0.2) is 48.7 Å². The topological polar surface area (TPSA) is 37.0 Å². The molecule has 27 heavy (non-hydrogen) atoms. The number of para-hydroxylation sites is 1. The van der Waals surface area contributed by atoms with Crippen LogP contribution in [0.5, 0.6) is 5.75 Å². The molecule has 0 saturated carbocycles. The van der Waals surface area contributed by atoms with Crippen molar-refractivity contribution in [2.45, 2.75) is 25.6 Å². The lowest BCUT2D eigenvalue weighted by Gasteiger charge is -2.10. The molecule has 0 aliphatic heterocycles. The van der Waals surface area contributed by atoms with Gasteiger partial charge in [-0.15, -0.1) is 0 Å². The molecule has 0 saturated heterocycles. The van der Waals surface area contributed by atoms with Crippen LogP contribution in [-0.4, -0.2) is 24.3 Å². The fraction of sp³-hybridized carbons (Fsp3) is 0.300. The number of rotatable bonds is 8. The van der Waals surface area contributed by atoms with Crippen molar-refractivity contribution < 1.29 is 22.3 Å². The predicted octanol–water partition coefficient (Wildman–Crippen LogP) is 4.97. The Morgan fingerprint density at radius 1 is 1.07 bits per heavy atom. The lowest BCUT2D eigenvalue weighted by Crippen LogP contribution is -2.16. The SMILES string of the molecule is Fc1cccc2c(CCNCc3cccc(OCCC(F)(F)F)c3)c[nH]c12. The molecule has 1 aromatic heterocycles. The van der Waals surface area contributed by atoms with Crippen LogP contribution in [0.25, 0.3) is 10.9 Å². The molecule has 0 radical (unpaired) electrons. The van der Waals surface area contributed by atoms with E-state index in [1.54, 1.807) is 24.3 Å². The maximum atomic E-state index is 13.7. The number of aromatic amines is 1. The van der Waals surface area contributed by atoms with Crippen molar-refractivity contribution in [3.63, 3.8) is 0 Å². The number of benzene rings is 2. The van der Waals surface area contributed by atoms with E-state index in [4.69, 9.17) is 4.74 Å². The van der Waals surface area contributed by atoms with E-state index in [1.165, 1.54) is 6.07 Å². The van der Waals surface area contributed by atoms with Crippen LogP contribution in [0.4, 0.5) is 17.6 Å². The summed E-state index contributed by atoms with van der Waals surface area (Å²) < 4.78 is 55.3. The molecule has 0 spiro atoms. The van der Waals surface area contributed by atoms with Gasteiger partial charge in [0.05, 0.1) is 18.5 Å². The summed E-state index contributed by atoms with van der Waals surface area (Å²) in [4.78, 5) is 2.95. The van der Waals surface area contributed by atoms with Crippen LogP contribution < -0.4 is 10.1 Å². The van der Waals surface area contributed by atoms with Crippen LogP contribution in [-0.2, 0) is 13.0 Å². The fourth-order valence-electron chi connectivity index (χ4n) is 2.87. The van der Waals surface area contributed by atoms with E-state index in [1.807, 2.05) is 18.3 Å². The number of nitrogens with one attached hydrogen (secondary N) is 2. The number of H-pyrrole nitrogens is 1. The molecule has 0 fully saturated rings. The summed E-state index contributed by atoms with van der Waals surface area (Å²) in [6.45, 7) is 0.854. The minimum atomic E-state index is -4.22. The standard InChI is InChI=1S/C20H20F4N2O/c21-18-6-2-5-17-15(13-26-19(17)18)7-9-25-12-14-3-1-4-16(11-14)27-10-8-20(22,23)24/h1-6,11,13,25-26H,7-10,12H2. The zero-order valence-corrected chi connectivity index (χ0v) is 14.6. The van der Waals surface area contributed by atoms with Gasteiger partial charge in [0.25, 0.3) is 0 Å². The monoisotopic (exact) mass is 380 g/mol. The van der Waals surface area contributed by atoms with E-state index in [9.17, 15) is 17.6 Å². The molecule has 0 bridgehead atoms. The van der Waals surface area contributed by atoms with Crippen molar-refractivity contribution >= 4 is 10.9 Å². The van der Waals surface area contributed by atoms with Crippen molar-refractivity contribution in [2.24, 2.45) is 0 Å². The summed E-state index contributed by atoms with van der Waals surface area (Å²) in [5.41, 5.74) is 2.46. The Balaban J connectivity index is 1.47. The highest BCUT2D eigenvalue weighted by Crippen LogP contribution is 2.22. The minimum Gasteiger partial charge on any atom is -0.493 e. The first-order chi connectivity index (χ1) is 12.9. The molecule has 0 atom stereocenters. The van der Waals surface area contributed by atoms with Crippen LogP contribution >= 0.6 is 0 Å². The second-order valence-electron chi connectivity index (χ2n) is 6.26. The average molecular weight is 380 g/mol. The number of alkyl halides is 3. The summed E-state index contributed by atoms with van der Waals surface area (Å²) in [6.07, 6.45) is -2.65. The highest BCUT2D eigenvalue weighted by molar-refractivity contribution is 5.83. The molecule has 0 amide bonds. The first kappa shape index (κ1) is 19.2. The Bertz CT molecular complexity index is 889. The minimum absolute atomic E-state index is 0.269. The quantitative estimate of drug-likeness (QED) is 0.428. The number of aromatic nitrogens is 1. The summed E-state index contributed by atoms with van der Waals surface area (Å²) in [5, 5.41) is 4.16. The number of ether oxygens (including phenoxy) is 1. The van der Waals surface area contributed by atoms with Gasteiger partial charge in [0.2, 0.25) is 0 Å². The zero-order valence-electron chi connectivity index (χ0n) is 14.6.